The Hall–Kier alpha value is -2.45. The lowest BCUT2D eigenvalue weighted by Crippen LogP contribution is -2.54. The molecule has 4 rings (SSSR count). The van der Waals surface area contributed by atoms with Crippen molar-refractivity contribution < 1.29 is 22.4 Å². The summed E-state index contributed by atoms with van der Waals surface area (Å²) in [5.41, 5.74) is 1.06. The molecule has 2 heterocycles. The van der Waals surface area contributed by atoms with Gasteiger partial charge in [0.15, 0.2) is 0 Å². The standard InChI is InChI=1S/C20H22F4N4O/c1-11-6-13(27-19(29)12-7-20(23,24)8-12)10-28(9-11)15-3-2-14(18(21)22)16-17(15)26-5-4-25-16/h2-5,11-13,18H,6-10H2,1H3,(H,27,29)/t11-,13+/m0/s1. The van der Waals surface area contributed by atoms with E-state index >= 15 is 0 Å². The van der Waals surface area contributed by atoms with E-state index in [4.69, 9.17) is 0 Å². The quantitative estimate of drug-likeness (QED) is 0.776. The van der Waals surface area contributed by atoms with Crippen molar-refractivity contribution in [3.63, 3.8) is 0 Å². The molecule has 5 nitrogen and oxygen atoms in total. The lowest BCUT2D eigenvalue weighted by molar-refractivity contribution is -0.150. The highest BCUT2D eigenvalue weighted by Gasteiger charge is 2.49. The van der Waals surface area contributed by atoms with Crippen molar-refractivity contribution >= 4 is 22.6 Å². The number of nitrogens with zero attached hydrogens (tertiary/aromatic N) is 3. The highest BCUT2D eigenvalue weighted by Crippen LogP contribution is 2.42. The first-order valence-electron chi connectivity index (χ1n) is 9.68. The molecule has 1 saturated heterocycles. The third kappa shape index (κ3) is 4.00. The zero-order valence-electron chi connectivity index (χ0n) is 15.9. The molecule has 2 fully saturated rings. The predicted molar refractivity (Wildman–Crippen MR) is 100 cm³/mol. The van der Waals surface area contributed by atoms with Gasteiger partial charge in [0, 0.05) is 55.8 Å². The number of alkyl halides is 4. The Morgan fingerprint density at radius 3 is 2.52 bits per heavy atom. The minimum atomic E-state index is -2.74. The summed E-state index contributed by atoms with van der Waals surface area (Å²) < 4.78 is 52.8. The van der Waals surface area contributed by atoms with Gasteiger partial charge in [-0.15, -0.1) is 0 Å². The Morgan fingerprint density at radius 1 is 1.17 bits per heavy atom. The summed E-state index contributed by atoms with van der Waals surface area (Å²) in [6, 6.07) is 2.77. The lowest BCUT2D eigenvalue weighted by Gasteiger charge is -2.40. The fourth-order valence-electron chi connectivity index (χ4n) is 4.31. The molecule has 1 aromatic carbocycles. The fourth-order valence-corrected chi connectivity index (χ4v) is 4.31. The van der Waals surface area contributed by atoms with Gasteiger partial charge in [0.1, 0.15) is 5.52 Å². The van der Waals surface area contributed by atoms with Gasteiger partial charge in [-0.1, -0.05) is 6.92 Å². The van der Waals surface area contributed by atoms with Crippen LogP contribution in [0.1, 0.15) is 38.2 Å². The van der Waals surface area contributed by atoms with Crippen molar-refractivity contribution in [2.45, 2.75) is 44.6 Å². The van der Waals surface area contributed by atoms with Crippen LogP contribution >= 0.6 is 0 Å². The topological polar surface area (TPSA) is 58.1 Å². The second-order valence-electron chi connectivity index (χ2n) is 8.14. The van der Waals surface area contributed by atoms with Crippen LogP contribution in [0.3, 0.4) is 0 Å². The molecule has 1 saturated carbocycles. The molecule has 0 bridgehead atoms. The second-order valence-corrected chi connectivity index (χ2v) is 8.14. The molecule has 1 aliphatic heterocycles. The molecule has 156 valence electrons. The molecule has 0 radical (unpaired) electrons. The first-order chi connectivity index (χ1) is 13.7. The number of amides is 1. The van der Waals surface area contributed by atoms with Crippen molar-refractivity contribution in [2.75, 3.05) is 18.0 Å². The van der Waals surface area contributed by atoms with Crippen LogP contribution in [0.25, 0.3) is 11.0 Å². The van der Waals surface area contributed by atoms with Gasteiger partial charge in [-0.05, 0) is 24.5 Å². The van der Waals surface area contributed by atoms with Crippen LogP contribution < -0.4 is 10.2 Å². The predicted octanol–water partition coefficient (Wildman–Crippen LogP) is 3.94. The number of hydrogen-bond donors (Lipinski definition) is 1. The Balaban J connectivity index is 1.54. The number of aromatic nitrogens is 2. The van der Waals surface area contributed by atoms with Crippen LogP contribution in [0.5, 0.6) is 0 Å². The van der Waals surface area contributed by atoms with Crippen LogP contribution in [0.15, 0.2) is 24.5 Å². The van der Waals surface area contributed by atoms with E-state index in [1.807, 2.05) is 11.8 Å². The summed E-state index contributed by atoms with van der Waals surface area (Å²) in [4.78, 5) is 22.7. The maximum absolute atomic E-state index is 13.3. The number of halogens is 4. The van der Waals surface area contributed by atoms with Gasteiger partial charge in [0.25, 0.3) is 6.43 Å². The summed E-state index contributed by atoms with van der Waals surface area (Å²) in [6.45, 7) is 3.16. The number of rotatable bonds is 4. The van der Waals surface area contributed by atoms with E-state index in [2.05, 4.69) is 15.3 Å². The molecule has 9 heteroatoms. The largest absolute Gasteiger partial charge is 0.367 e. The van der Waals surface area contributed by atoms with Gasteiger partial charge in [-0.25, -0.2) is 17.6 Å². The second kappa shape index (κ2) is 7.42. The number of benzene rings is 1. The van der Waals surface area contributed by atoms with Crippen LogP contribution in [0, 0.1) is 11.8 Å². The highest BCUT2D eigenvalue weighted by molar-refractivity contribution is 5.90. The number of hydrogen-bond acceptors (Lipinski definition) is 4. The molecule has 1 amide bonds. The lowest BCUT2D eigenvalue weighted by atomic mass is 9.80. The Morgan fingerprint density at radius 2 is 1.86 bits per heavy atom. The molecule has 1 N–H and O–H groups in total. The van der Waals surface area contributed by atoms with E-state index in [0.717, 1.165) is 6.42 Å². The number of fused-ring (bicyclic) bond motifs is 1. The summed E-state index contributed by atoms with van der Waals surface area (Å²) >= 11 is 0. The maximum atomic E-state index is 13.3. The summed E-state index contributed by atoms with van der Waals surface area (Å²) in [5.74, 6) is -3.50. The smallest absolute Gasteiger partial charge is 0.266 e. The maximum Gasteiger partial charge on any atom is 0.266 e. The Labute approximate surface area is 165 Å². The molecule has 0 unspecified atom stereocenters. The van der Waals surface area contributed by atoms with Crippen LogP contribution in [-0.4, -0.2) is 40.9 Å². The van der Waals surface area contributed by atoms with Gasteiger partial charge in [-0.3, -0.25) is 14.8 Å². The number of carbonyl (C=O) groups excluding carboxylic acids is 1. The van der Waals surface area contributed by atoms with E-state index in [-0.39, 0.29) is 28.9 Å². The van der Waals surface area contributed by atoms with Crippen molar-refractivity contribution in [3.05, 3.63) is 30.1 Å². The highest BCUT2D eigenvalue weighted by atomic mass is 19.3. The number of piperidine rings is 1. The fraction of sp³-hybridized carbons (Fsp3) is 0.550. The molecule has 2 aliphatic rings. The minimum Gasteiger partial charge on any atom is -0.367 e. The van der Waals surface area contributed by atoms with Crippen LogP contribution in [0.4, 0.5) is 23.2 Å². The molecular weight excluding hydrogens is 388 g/mol. The SMILES string of the molecule is C[C@H]1C[C@@H](NC(=O)C2CC(F)(F)C2)CN(c2ccc(C(F)F)c3nccnc23)C1. The third-order valence-electron chi connectivity index (χ3n) is 5.68. The van der Waals surface area contributed by atoms with Crippen LogP contribution in [-0.2, 0) is 4.79 Å². The molecule has 2 aromatic rings. The van der Waals surface area contributed by atoms with Crippen molar-refractivity contribution in [1.29, 1.82) is 0 Å². The van der Waals surface area contributed by atoms with Gasteiger partial charge >= 0.3 is 0 Å². The molecule has 29 heavy (non-hydrogen) atoms. The van der Waals surface area contributed by atoms with Gasteiger partial charge in [-0.2, -0.15) is 0 Å². The van der Waals surface area contributed by atoms with Gasteiger partial charge in [0.05, 0.1) is 11.2 Å². The molecule has 0 spiro atoms. The molecular formula is C20H22F4N4O. The van der Waals surface area contributed by atoms with E-state index in [9.17, 15) is 22.4 Å². The van der Waals surface area contributed by atoms with Crippen molar-refractivity contribution in [2.24, 2.45) is 11.8 Å². The van der Waals surface area contributed by atoms with E-state index in [0.29, 0.717) is 24.3 Å². The number of carbonyl (C=O) groups is 1. The van der Waals surface area contributed by atoms with Crippen molar-refractivity contribution in [3.8, 4) is 0 Å². The molecule has 1 aromatic heterocycles. The minimum absolute atomic E-state index is 0.163. The van der Waals surface area contributed by atoms with Crippen LogP contribution in [0.2, 0.25) is 0 Å². The number of anilines is 1. The van der Waals surface area contributed by atoms with E-state index in [1.165, 1.54) is 18.5 Å². The zero-order valence-corrected chi connectivity index (χ0v) is 15.9. The normalized spacial score (nSPS) is 24.6. The van der Waals surface area contributed by atoms with E-state index < -0.39 is 31.1 Å². The van der Waals surface area contributed by atoms with E-state index in [1.54, 1.807) is 6.07 Å². The molecule has 1 aliphatic carbocycles. The first-order valence-corrected chi connectivity index (χ1v) is 9.68. The number of nitrogens with one attached hydrogen (secondary N) is 1. The Kier molecular flexibility index (Phi) is 5.08. The Bertz CT molecular complexity index is 914. The van der Waals surface area contributed by atoms with Gasteiger partial charge in [0.2, 0.25) is 11.8 Å². The zero-order chi connectivity index (χ0) is 20.8. The molecule has 2 atom stereocenters. The average Bonchev–Trinajstić information content (AvgIpc) is 2.64. The average molecular weight is 410 g/mol. The third-order valence-corrected chi connectivity index (χ3v) is 5.68. The summed E-state index contributed by atoms with van der Waals surface area (Å²) in [6.07, 6.45) is 0.111. The monoisotopic (exact) mass is 410 g/mol. The van der Waals surface area contributed by atoms with Crippen molar-refractivity contribution in [1.82, 2.24) is 15.3 Å². The summed E-state index contributed by atoms with van der Waals surface area (Å²) in [5, 5.41) is 2.90. The first kappa shape index (κ1) is 19.8. The summed E-state index contributed by atoms with van der Waals surface area (Å²) in [7, 11) is 0. The van der Waals surface area contributed by atoms with Gasteiger partial charge < -0.3 is 10.2 Å².